The zero-order valence-corrected chi connectivity index (χ0v) is 10.4. The maximum atomic E-state index is 3.50. The Balaban J connectivity index is 3.58. The van der Waals surface area contributed by atoms with Crippen LogP contribution in [0.3, 0.4) is 0 Å². The number of unbranched alkanes of at least 4 members (excludes halogenated alkanes) is 2. The van der Waals surface area contributed by atoms with Crippen LogP contribution in [0.25, 0.3) is 0 Å². The highest BCUT2D eigenvalue weighted by atomic mass is 28.3. The summed E-state index contributed by atoms with van der Waals surface area (Å²) in [5.74, 6) is 0. The molecule has 0 rings (SSSR count). The van der Waals surface area contributed by atoms with E-state index in [2.05, 4.69) is 42.5 Å². The minimum Gasteiger partial charge on any atom is -0.325 e. The molecule has 0 aliphatic heterocycles. The molecule has 0 aliphatic carbocycles. The Labute approximate surface area is 84.6 Å². The lowest BCUT2D eigenvalue weighted by molar-refractivity contribution is 0.814. The number of hydrogen-bond donors (Lipinski definition) is 2. The summed E-state index contributed by atoms with van der Waals surface area (Å²) in [6.45, 7) is 8.70. The summed E-state index contributed by atoms with van der Waals surface area (Å²) in [4.78, 5) is 7.00. The van der Waals surface area contributed by atoms with Crippen LogP contribution in [0.4, 0.5) is 0 Å². The van der Waals surface area contributed by atoms with Gasteiger partial charge in [-0.15, -0.1) is 0 Å². The van der Waals surface area contributed by atoms with E-state index in [-0.39, 0.29) is 0 Å². The second-order valence-corrected chi connectivity index (χ2v) is 5.32. The topological polar surface area (TPSA) is 24.1 Å². The predicted molar refractivity (Wildman–Crippen MR) is 63.2 cm³/mol. The van der Waals surface area contributed by atoms with Gasteiger partial charge in [0.25, 0.3) is 0 Å². The van der Waals surface area contributed by atoms with Gasteiger partial charge in [0.1, 0.15) is 0 Å². The molecule has 0 saturated carbocycles. The van der Waals surface area contributed by atoms with Crippen LogP contribution in [0.1, 0.15) is 40.0 Å². The van der Waals surface area contributed by atoms with Crippen molar-refractivity contribution in [3.63, 3.8) is 0 Å². The summed E-state index contributed by atoms with van der Waals surface area (Å²) in [5.41, 5.74) is 2.36. The van der Waals surface area contributed by atoms with Crippen LogP contribution in [0.15, 0.2) is 11.8 Å². The van der Waals surface area contributed by atoms with E-state index in [9.17, 15) is 0 Å². The zero-order chi connectivity index (χ0) is 9.94. The SMILES string of the molecule is CCCCC=C[SiH](NCC)NCC. The Kier molecular flexibility index (Phi) is 9.87. The second-order valence-electron chi connectivity index (χ2n) is 3.16. The highest BCUT2D eigenvalue weighted by molar-refractivity contribution is 6.58. The van der Waals surface area contributed by atoms with E-state index in [1.807, 2.05) is 0 Å². The van der Waals surface area contributed by atoms with Gasteiger partial charge in [-0.25, -0.2) is 0 Å². The van der Waals surface area contributed by atoms with Crippen molar-refractivity contribution in [1.82, 2.24) is 9.96 Å². The van der Waals surface area contributed by atoms with Crippen molar-refractivity contribution in [3.05, 3.63) is 11.8 Å². The molecule has 0 aromatic carbocycles. The lowest BCUT2D eigenvalue weighted by atomic mass is 10.2. The largest absolute Gasteiger partial charge is 0.325 e. The quantitative estimate of drug-likeness (QED) is 0.460. The molecule has 0 aromatic rings. The van der Waals surface area contributed by atoms with Gasteiger partial charge >= 0.3 is 0 Å². The van der Waals surface area contributed by atoms with E-state index in [1.165, 1.54) is 19.3 Å². The Hall–Kier alpha value is -0.123. The Morgan fingerprint density at radius 1 is 1.08 bits per heavy atom. The molecule has 0 saturated heterocycles. The standard InChI is InChI=1S/C10H24N2Si/c1-4-7-8-9-10-13(11-5-2)12-6-3/h9-13H,4-8H2,1-3H3. The Morgan fingerprint density at radius 3 is 2.15 bits per heavy atom. The van der Waals surface area contributed by atoms with Gasteiger partial charge < -0.3 is 9.96 Å². The van der Waals surface area contributed by atoms with Crippen LogP contribution >= 0.6 is 0 Å². The molecule has 0 heterocycles. The van der Waals surface area contributed by atoms with Gasteiger partial charge in [0.05, 0.1) is 0 Å². The lowest BCUT2D eigenvalue weighted by Crippen LogP contribution is -2.45. The first-order valence-electron chi connectivity index (χ1n) is 5.48. The minimum atomic E-state index is -0.957. The van der Waals surface area contributed by atoms with Gasteiger partial charge in [0.2, 0.25) is 9.12 Å². The molecule has 0 spiro atoms. The van der Waals surface area contributed by atoms with Crippen LogP contribution in [0, 0.1) is 0 Å². The molecule has 3 heteroatoms. The summed E-state index contributed by atoms with van der Waals surface area (Å²) < 4.78 is 0. The average Bonchev–Trinajstić information content (AvgIpc) is 2.13. The fourth-order valence-corrected chi connectivity index (χ4v) is 2.96. The van der Waals surface area contributed by atoms with E-state index in [1.54, 1.807) is 0 Å². The van der Waals surface area contributed by atoms with Gasteiger partial charge in [-0.2, -0.15) is 0 Å². The maximum Gasteiger partial charge on any atom is 0.209 e. The fourth-order valence-electron chi connectivity index (χ4n) is 1.20. The third-order valence-electron chi connectivity index (χ3n) is 1.90. The summed E-state index contributed by atoms with van der Waals surface area (Å²) in [6, 6.07) is 0. The molecule has 0 aromatic heterocycles. The van der Waals surface area contributed by atoms with Gasteiger partial charge in [-0.05, 0) is 19.5 Å². The van der Waals surface area contributed by atoms with E-state index in [0.717, 1.165) is 13.1 Å². The first kappa shape index (κ1) is 12.9. The second kappa shape index (κ2) is 9.96. The van der Waals surface area contributed by atoms with Crippen molar-refractivity contribution in [2.24, 2.45) is 0 Å². The minimum absolute atomic E-state index is 0.957. The molecule has 0 unspecified atom stereocenters. The molecule has 2 nitrogen and oxygen atoms in total. The van der Waals surface area contributed by atoms with Crippen LogP contribution < -0.4 is 9.96 Å². The summed E-state index contributed by atoms with van der Waals surface area (Å²) in [6.07, 6.45) is 6.16. The van der Waals surface area contributed by atoms with Crippen LogP contribution in [-0.2, 0) is 0 Å². The Morgan fingerprint density at radius 2 is 1.69 bits per heavy atom. The molecule has 0 bridgehead atoms. The van der Waals surface area contributed by atoms with E-state index in [4.69, 9.17) is 0 Å². The van der Waals surface area contributed by atoms with Crippen molar-refractivity contribution in [2.45, 2.75) is 40.0 Å². The van der Waals surface area contributed by atoms with Crippen molar-refractivity contribution >= 4 is 9.12 Å². The van der Waals surface area contributed by atoms with Gasteiger partial charge in [-0.1, -0.05) is 45.4 Å². The molecule has 13 heavy (non-hydrogen) atoms. The number of nitrogens with one attached hydrogen (secondary N) is 2. The average molecular weight is 200 g/mol. The number of hydrogen-bond acceptors (Lipinski definition) is 2. The normalized spacial score (nSPS) is 11.7. The van der Waals surface area contributed by atoms with Crippen molar-refractivity contribution in [2.75, 3.05) is 13.1 Å². The molecule has 2 N–H and O–H groups in total. The van der Waals surface area contributed by atoms with Crippen LogP contribution in [0.5, 0.6) is 0 Å². The molecule has 0 fully saturated rings. The molecule has 0 amide bonds. The van der Waals surface area contributed by atoms with E-state index >= 15 is 0 Å². The zero-order valence-electron chi connectivity index (χ0n) is 9.27. The third kappa shape index (κ3) is 8.21. The fraction of sp³-hybridized carbons (Fsp3) is 0.800. The molecular weight excluding hydrogens is 176 g/mol. The highest BCUT2D eigenvalue weighted by Gasteiger charge is 2.00. The van der Waals surface area contributed by atoms with Crippen molar-refractivity contribution in [1.29, 1.82) is 0 Å². The molecule has 0 atom stereocenters. The predicted octanol–water partition coefficient (Wildman–Crippen LogP) is 1.71. The van der Waals surface area contributed by atoms with E-state index in [0.29, 0.717) is 0 Å². The monoisotopic (exact) mass is 200 g/mol. The van der Waals surface area contributed by atoms with Crippen LogP contribution in [0.2, 0.25) is 0 Å². The van der Waals surface area contributed by atoms with Crippen molar-refractivity contribution in [3.8, 4) is 0 Å². The van der Waals surface area contributed by atoms with Gasteiger partial charge in [-0.3, -0.25) is 0 Å². The Bertz CT molecular complexity index is 120. The third-order valence-corrected chi connectivity index (χ3v) is 4.25. The van der Waals surface area contributed by atoms with E-state index < -0.39 is 9.12 Å². The first-order valence-corrected chi connectivity index (χ1v) is 7.30. The maximum absolute atomic E-state index is 3.50. The summed E-state index contributed by atoms with van der Waals surface area (Å²) in [7, 11) is -0.957. The molecule has 0 aliphatic rings. The lowest BCUT2D eigenvalue weighted by Gasteiger charge is -2.11. The smallest absolute Gasteiger partial charge is 0.209 e. The molecule has 78 valence electrons. The first-order chi connectivity index (χ1) is 6.35. The van der Waals surface area contributed by atoms with Gasteiger partial charge in [0.15, 0.2) is 0 Å². The summed E-state index contributed by atoms with van der Waals surface area (Å²) >= 11 is 0. The summed E-state index contributed by atoms with van der Waals surface area (Å²) in [5, 5.41) is 0. The highest BCUT2D eigenvalue weighted by Crippen LogP contribution is 1.94. The van der Waals surface area contributed by atoms with Crippen LogP contribution in [-0.4, -0.2) is 22.2 Å². The van der Waals surface area contributed by atoms with Crippen molar-refractivity contribution < 1.29 is 0 Å². The number of rotatable bonds is 8. The number of allylic oxidation sites excluding steroid dienone is 1. The molecule has 0 radical (unpaired) electrons. The molecular formula is C10H24N2Si. The van der Waals surface area contributed by atoms with Gasteiger partial charge in [0, 0.05) is 0 Å².